The van der Waals surface area contributed by atoms with Crippen LogP contribution in [0, 0.1) is 0 Å². The van der Waals surface area contributed by atoms with E-state index in [9.17, 15) is 9.90 Å². The van der Waals surface area contributed by atoms with Crippen LogP contribution in [0.15, 0.2) is 42.5 Å². The Morgan fingerprint density at radius 2 is 1.29 bits per heavy atom. The van der Waals surface area contributed by atoms with Gasteiger partial charge in [0.1, 0.15) is 11.5 Å². The summed E-state index contributed by atoms with van der Waals surface area (Å²) < 4.78 is 5.08. The van der Waals surface area contributed by atoms with E-state index in [1.165, 1.54) is 32.1 Å². The lowest BCUT2D eigenvalue weighted by Crippen LogP contribution is -2.34. The minimum atomic E-state index is -0.407. The molecule has 0 radical (unpaired) electrons. The highest BCUT2D eigenvalue weighted by Crippen LogP contribution is 2.26. The van der Waals surface area contributed by atoms with E-state index in [2.05, 4.69) is 20.4 Å². The summed E-state index contributed by atoms with van der Waals surface area (Å²) >= 11 is 0. The van der Waals surface area contributed by atoms with Crippen LogP contribution in [-0.2, 0) is 0 Å². The second-order valence-electron chi connectivity index (χ2n) is 9.39. The van der Waals surface area contributed by atoms with Gasteiger partial charge in [-0.1, -0.05) is 0 Å². The third-order valence-electron chi connectivity index (χ3n) is 6.74. The quantitative estimate of drug-likeness (QED) is 0.147. The number of ether oxygens (including phenoxy) is 1. The standard InChI is InChI=1S/C27H33N7O3.ClH.4H3N.4H2/c1-37-21-12-13-22(23(35)18-21)24(36)28-19-8-10-20(11-9-19)29-25-30-26(33-14-4-2-5-15-33)32-27(31-25)34-16-6-3-7-17-34;;;;;;;;;/h8-13,18,35H,2-7,14-17H2,1H3,(H,28,36)(H,29,30,31,32);1H;4*1H3;4*1H. The first-order valence-electron chi connectivity index (χ1n) is 12.9. The number of phenolic OH excluding ortho intramolecular Hbond substituents is 1. The lowest BCUT2D eigenvalue weighted by atomic mass is 10.1. The van der Waals surface area contributed by atoms with Crippen molar-refractivity contribution >= 4 is 47.5 Å². The predicted octanol–water partition coefficient (Wildman–Crippen LogP) is 6.62. The number of benzene rings is 2. The summed E-state index contributed by atoms with van der Waals surface area (Å²) in [5, 5.41) is 16.3. The summed E-state index contributed by atoms with van der Waals surface area (Å²) in [5.74, 6) is 1.89. The Morgan fingerprint density at radius 3 is 1.76 bits per heavy atom. The van der Waals surface area contributed by atoms with Gasteiger partial charge in [-0.05, 0) is 74.9 Å². The van der Waals surface area contributed by atoms with E-state index < -0.39 is 5.91 Å². The van der Waals surface area contributed by atoms with E-state index in [1.54, 1.807) is 18.2 Å². The van der Waals surface area contributed by atoms with Crippen LogP contribution in [0.25, 0.3) is 0 Å². The Balaban J connectivity index is -0.000000623. The van der Waals surface area contributed by atoms with Crippen molar-refractivity contribution in [1.29, 1.82) is 0 Å². The Bertz CT molecular complexity index is 1220. The molecule has 2 aromatic carbocycles. The van der Waals surface area contributed by atoms with Crippen LogP contribution in [0.5, 0.6) is 11.5 Å². The molecule has 0 atom stereocenters. The third kappa shape index (κ3) is 9.29. The predicted molar refractivity (Wildman–Crippen MR) is 180 cm³/mol. The monoisotopic (exact) mass is 615 g/mol. The molecule has 0 aliphatic carbocycles. The number of anilines is 5. The van der Waals surface area contributed by atoms with Crippen LogP contribution in [0.2, 0.25) is 0 Å². The molecule has 15 N–H and O–H groups in total. The highest BCUT2D eigenvalue weighted by atomic mass is 35.5. The summed E-state index contributed by atoms with van der Waals surface area (Å²) in [6.45, 7) is 3.84. The fraction of sp³-hybridized carbons (Fsp3) is 0.407. The third-order valence-corrected chi connectivity index (χ3v) is 6.74. The van der Waals surface area contributed by atoms with Crippen LogP contribution in [0.3, 0.4) is 0 Å². The summed E-state index contributed by atoms with van der Waals surface area (Å²) in [5.41, 5.74) is 1.57. The molecule has 2 aliphatic heterocycles. The van der Waals surface area contributed by atoms with Crippen molar-refractivity contribution in [2.24, 2.45) is 0 Å². The molecule has 3 aromatic rings. The van der Waals surface area contributed by atoms with Gasteiger partial charge in [-0.2, -0.15) is 15.0 Å². The average Bonchev–Trinajstić information content (AvgIpc) is 2.94. The van der Waals surface area contributed by atoms with Crippen molar-refractivity contribution in [3.63, 3.8) is 0 Å². The van der Waals surface area contributed by atoms with Crippen molar-refractivity contribution in [3.05, 3.63) is 48.0 Å². The first-order chi connectivity index (χ1) is 18.1. The number of methoxy groups -OCH3 is 1. The van der Waals surface area contributed by atoms with Gasteiger partial charge in [0, 0.05) is 49.3 Å². The van der Waals surface area contributed by atoms with Gasteiger partial charge in [0.15, 0.2) is 0 Å². The normalized spacial score (nSPS) is 13.9. The largest absolute Gasteiger partial charge is 0.507 e. The minimum absolute atomic E-state index is 0. The van der Waals surface area contributed by atoms with Gasteiger partial charge in [-0.15, -0.1) is 12.4 Å². The number of rotatable bonds is 7. The summed E-state index contributed by atoms with van der Waals surface area (Å²) in [4.78, 5) is 31.4. The molecule has 0 bridgehead atoms. The van der Waals surface area contributed by atoms with E-state index in [0.717, 1.165) is 69.4 Å². The highest BCUT2D eigenvalue weighted by molar-refractivity contribution is 6.06. The second-order valence-corrected chi connectivity index (χ2v) is 9.39. The van der Waals surface area contributed by atoms with Gasteiger partial charge in [0.05, 0.1) is 12.7 Å². The number of piperidine rings is 2. The molecule has 2 aliphatic rings. The molecule has 42 heavy (non-hydrogen) atoms. The van der Waals surface area contributed by atoms with Crippen molar-refractivity contribution in [2.45, 2.75) is 38.5 Å². The molecule has 1 aromatic heterocycles. The molecule has 0 saturated carbocycles. The molecule has 1 amide bonds. The van der Waals surface area contributed by atoms with Gasteiger partial charge in [0.2, 0.25) is 17.8 Å². The second kappa shape index (κ2) is 17.8. The van der Waals surface area contributed by atoms with Gasteiger partial charge >= 0.3 is 0 Å². The molecule has 15 heteroatoms. The number of phenols is 1. The number of aromatic nitrogens is 3. The van der Waals surface area contributed by atoms with Crippen LogP contribution < -0.4 is 49.8 Å². The smallest absolute Gasteiger partial charge is 0.259 e. The molecular weight excluding hydrogens is 562 g/mol. The number of amides is 1. The molecule has 3 heterocycles. The molecule has 0 unspecified atom stereocenters. The van der Waals surface area contributed by atoms with E-state index in [1.807, 2.05) is 12.1 Å². The first kappa shape index (κ1) is 38.0. The zero-order chi connectivity index (χ0) is 25.6. The maximum Gasteiger partial charge on any atom is 0.259 e. The Morgan fingerprint density at radius 1 is 0.786 bits per heavy atom. The molecule has 0 spiro atoms. The topological polar surface area (TPSA) is 256 Å². The number of nitrogens with zero attached hydrogens (tertiary/aromatic N) is 5. The summed E-state index contributed by atoms with van der Waals surface area (Å²) in [6, 6.07) is 11.9. The van der Waals surface area contributed by atoms with Gasteiger partial charge in [-0.3, -0.25) is 4.79 Å². The van der Waals surface area contributed by atoms with Crippen molar-refractivity contribution < 1.29 is 20.3 Å². The van der Waals surface area contributed by atoms with Crippen molar-refractivity contribution in [3.8, 4) is 11.5 Å². The molecule has 14 nitrogen and oxygen atoms in total. The molecule has 2 fully saturated rings. The summed E-state index contributed by atoms with van der Waals surface area (Å²) in [7, 11) is 1.50. The molecule has 2 saturated heterocycles. The maximum absolute atomic E-state index is 12.6. The SMILES string of the molecule is COc1ccc(C(=O)Nc2ccc(Nc3nc(N4CCCCC4)nc(N4CCCCC4)n3)cc2)c(O)c1.Cl.N.N.N.N.[HH].[HH].[HH].[HH]. The van der Waals surface area contributed by atoms with Crippen LogP contribution in [0.1, 0.15) is 54.6 Å². The first-order valence-corrected chi connectivity index (χ1v) is 12.9. The summed E-state index contributed by atoms with van der Waals surface area (Å²) in [6.07, 6.45) is 7.08. The van der Waals surface area contributed by atoms with Gasteiger partial charge in [-0.25, -0.2) is 0 Å². The number of hydrogen-bond donors (Lipinski definition) is 7. The molecular formula is C27H54ClN11O3. The molecule has 5 rings (SSSR count). The van der Waals surface area contributed by atoms with E-state index >= 15 is 0 Å². The van der Waals surface area contributed by atoms with E-state index in [-0.39, 0.29) is 54.0 Å². The lowest BCUT2D eigenvalue weighted by molar-refractivity contribution is 0.102. The number of hydrogen-bond acceptors (Lipinski definition) is 13. The minimum Gasteiger partial charge on any atom is -0.507 e. The number of carbonyl (C=O) groups excluding carboxylic acids is 1. The van der Waals surface area contributed by atoms with Gasteiger partial charge < -0.3 is 54.9 Å². The van der Waals surface area contributed by atoms with Crippen molar-refractivity contribution in [1.82, 2.24) is 39.6 Å². The fourth-order valence-corrected chi connectivity index (χ4v) is 4.68. The number of carbonyl (C=O) groups is 1. The zero-order valence-electron chi connectivity index (χ0n) is 24.3. The van der Waals surface area contributed by atoms with E-state index in [4.69, 9.17) is 19.7 Å². The van der Waals surface area contributed by atoms with Crippen molar-refractivity contribution in [2.75, 3.05) is 53.7 Å². The highest BCUT2D eigenvalue weighted by Gasteiger charge is 2.20. The number of halogens is 1. The zero-order valence-corrected chi connectivity index (χ0v) is 25.2. The van der Waals surface area contributed by atoms with Crippen LogP contribution in [0.4, 0.5) is 29.2 Å². The Kier molecular flexibility index (Phi) is 16.1. The number of nitrogens with one attached hydrogen (secondary N) is 2. The van der Waals surface area contributed by atoms with Gasteiger partial charge in [0.25, 0.3) is 5.91 Å². The van der Waals surface area contributed by atoms with Crippen LogP contribution >= 0.6 is 12.4 Å². The fourth-order valence-electron chi connectivity index (χ4n) is 4.68. The maximum atomic E-state index is 12.6. The Labute approximate surface area is 259 Å². The van der Waals surface area contributed by atoms with Crippen LogP contribution in [-0.4, -0.2) is 59.3 Å². The lowest BCUT2D eigenvalue weighted by Gasteiger charge is -2.30. The van der Waals surface area contributed by atoms with E-state index in [0.29, 0.717) is 17.4 Å². The Hall–Kier alpha value is -3.95. The molecule has 242 valence electrons. The number of aromatic hydroxyl groups is 1. The average molecular weight is 616 g/mol.